The van der Waals surface area contributed by atoms with Crippen LogP contribution in [-0.2, 0) is 0 Å². The van der Waals surface area contributed by atoms with E-state index in [0.29, 0.717) is 0 Å². The van der Waals surface area contributed by atoms with E-state index in [0.717, 1.165) is 23.4 Å². The molecule has 0 bridgehead atoms. The van der Waals surface area contributed by atoms with Gasteiger partial charge in [-0.15, -0.1) is 0 Å². The molecule has 3 heteroatoms. The fraction of sp³-hybridized carbons (Fsp3) is 1.00. The fourth-order valence-corrected chi connectivity index (χ4v) is 5.22. The molecular formula is C17H31N3. The lowest BCUT2D eigenvalue weighted by molar-refractivity contribution is -0.0465. The van der Waals surface area contributed by atoms with Crippen molar-refractivity contribution in [1.82, 2.24) is 15.1 Å². The van der Waals surface area contributed by atoms with Gasteiger partial charge in [0.2, 0.25) is 0 Å². The highest BCUT2D eigenvalue weighted by Crippen LogP contribution is 2.50. The summed E-state index contributed by atoms with van der Waals surface area (Å²) < 4.78 is 0. The van der Waals surface area contributed by atoms with Gasteiger partial charge in [0.15, 0.2) is 0 Å². The molecule has 4 fully saturated rings. The first kappa shape index (κ1) is 13.5. The molecule has 4 aliphatic rings. The molecule has 0 unspecified atom stereocenters. The number of rotatable bonds is 2. The maximum absolute atomic E-state index is 3.52. The summed E-state index contributed by atoms with van der Waals surface area (Å²) >= 11 is 0. The van der Waals surface area contributed by atoms with Crippen LogP contribution in [-0.4, -0.2) is 61.2 Å². The van der Waals surface area contributed by atoms with Crippen molar-refractivity contribution in [3.8, 4) is 0 Å². The zero-order chi connectivity index (χ0) is 13.6. The van der Waals surface area contributed by atoms with Crippen LogP contribution in [0.2, 0.25) is 0 Å². The molecule has 0 amide bonds. The van der Waals surface area contributed by atoms with Gasteiger partial charge in [0.25, 0.3) is 0 Å². The van der Waals surface area contributed by atoms with E-state index in [1.54, 1.807) is 0 Å². The van der Waals surface area contributed by atoms with Crippen molar-refractivity contribution in [2.75, 3.05) is 39.3 Å². The summed E-state index contributed by atoms with van der Waals surface area (Å²) in [6, 6.07) is 1.85. The molecule has 1 spiro atoms. The van der Waals surface area contributed by atoms with Crippen LogP contribution in [0, 0.1) is 11.3 Å². The third-order valence-electron chi connectivity index (χ3n) is 6.63. The Bertz CT molecular complexity index is 328. The lowest BCUT2D eigenvalue weighted by Crippen LogP contribution is -2.59. The summed E-state index contributed by atoms with van der Waals surface area (Å²) in [5, 5.41) is 3.52. The summed E-state index contributed by atoms with van der Waals surface area (Å²) in [5.41, 5.74) is 0.750. The molecule has 1 aliphatic carbocycles. The number of piperidine rings is 2. The Labute approximate surface area is 124 Å². The van der Waals surface area contributed by atoms with E-state index >= 15 is 0 Å². The molecule has 3 heterocycles. The molecule has 3 aliphatic heterocycles. The van der Waals surface area contributed by atoms with Gasteiger partial charge in [-0.05, 0) is 76.0 Å². The number of hydrogen-bond acceptors (Lipinski definition) is 3. The van der Waals surface area contributed by atoms with E-state index in [9.17, 15) is 0 Å². The predicted octanol–water partition coefficient (Wildman–Crippen LogP) is 1.93. The van der Waals surface area contributed by atoms with Gasteiger partial charge < -0.3 is 10.2 Å². The molecule has 0 atom stereocenters. The minimum atomic E-state index is 0.750. The SMILES string of the molecule is CC1CN(C2CCN(C3CC4(CCNCC4)C3)CC2)C1. The molecule has 3 saturated heterocycles. The lowest BCUT2D eigenvalue weighted by atomic mass is 9.60. The second-order valence-corrected chi connectivity index (χ2v) is 8.14. The Morgan fingerprint density at radius 2 is 1.55 bits per heavy atom. The van der Waals surface area contributed by atoms with Gasteiger partial charge in [-0.1, -0.05) is 6.92 Å². The summed E-state index contributed by atoms with van der Waals surface area (Å²) in [7, 11) is 0. The highest BCUT2D eigenvalue weighted by atomic mass is 15.3. The molecule has 20 heavy (non-hydrogen) atoms. The third kappa shape index (κ3) is 2.42. The van der Waals surface area contributed by atoms with Gasteiger partial charge in [0.05, 0.1) is 0 Å². The first-order valence-corrected chi connectivity index (χ1v) is 8.93. The molecule has 4 rings (SSSR count). The van der Waals surface area contributed by atoms with Crippen LogP contribution >= 0.6 is 0 Å². The van der Waals surface area contributed by atoms with Gasteiger partial charge in [-0.25, -0.2) is 0 Å². The molecule has 0 aromatic carbocycles. The van der Waals surface area contributed by atoms with Crippen LogP contribution in [0.3, 0.4) is 0 Å². The highest BCUT2D eigenvalue weighted by molar-refractivity contribution is 5.01. The van der Waals surface area contributed by atoms with E-state index in [2.05, 4.69) is 22.0 Å². The van der Waals surface area contributed by atoms with Gasteiger partial charge in [0.1, 0.15) is 0 Å². The summed E-state index contributed by atoms with van der Waals surface area (Å²) in [4.78, 5) is 5.56. The summed E-state index contributed by atoms with van der Waals surface area (Å²) in [5.74, 6) is 0.958. The van der Waals surface area contributed by atoms with Crippen molar-refractivity contribution in [2.45, 2.75) is 57.5 Å². The topological polar surface area (TPSA) is 18.5 Å². The minimum Gasteiger partial charge on any atom is -0.317 e. The average Bonchev–Trinajstić information content (AvgIpc) is 2.43. The molecule has 3 nitrogen and oxygen atoms in total. The smallest absolute Gasteiger partial charge is 0.0120 e. The second kappa shape index (κ2) is 5.26. The quantitative estimate of drug-likeness (QED) is 0.832. The van der Waals surface area contributed by atoms with Crippen LogP contribution < -0.4 is 5.32 Å². The second-order valence-electron chi connectivity index (χ2n) is 8.14. The molecule has 114 valence electrons. The molecular weight excluding hydrogens is 246 g/mol. The van der Waals surface area contributed by atoms with Crippen molar-refractivity contribution in [1.29, 1.82) is 0 Å². The fourth-order valence-electron chi connectivity index (χ4n) is 5.22. The van der Waals surface area contributed by atoms with Gasteiger partial charge in [-0.2, -0.15) is 0 Å². The molecule has 0 aromatic rings. The van der Waals surface area contributed by atoms with E-state index in [4.69, 9.17) is 0 Å². The number of nitrogens with zero attached hydrogens (tertiary/aromatic N) is 2. The molecule has 0 aromatic heterocycles. The van der Waals surface area contributed by atoms with E-state index in [-0.39, 0.29) is 0 Å². The van der Waals surface area contributed by atoms with E-state index in [1.165, 1.54) is 77.8 Å². The third-order valence-corrected chi connectivity index (χ3v) is 6.63. The normalized spacial score (nSPS) is 34.0. The maximum atomic E-state index is 3.52. The Balaban J connectivity index is 1.22. The lowest BCUT2D eigenvalue weighted by Gasteiger charge is -2.56. The van der Waals surface area contributed by atoms with Crippen LogP contribution in [0.25, 0.3) is 0 Å². The van der Waals surface area contributed by atoms with Gasteiger partial charge in [-0.3, -0.25) is 4.90 Å². The van der Waals surface area contributed by atoms with Crippen LogP contribution in [0.1, 0.15) is 45.4 Å². The van der Waals surface area contributed by atoms with Gasteiger partial charge in [0, 0.05) is 25.2 Å². The molecule has 1 saturated carbocycles. The van der Waals surface area contributed by atoms with E-state index in [1.807, 2.05) is 0 Å². The molecule has 1 N–H and O–H groups in total. The van der Waals surface area contributed by atoms with Gasteiger partial charge >= 0.3 is 0 Å². The van der Waals surface area contributed by atoms with Crippen LogP contribution in [0.4, 0.5) is 0 Å². The highest BCUT2D eigenvalue weighted by Gasteiger charge is 2.47. The summed E-state index contributed by atoms with van der Waals surface area (Å²) in [6.45, 7) is 10.4. The number of nitrogens with one attached hydrogen (secondary N) is 1. The number of likely N-dealkylation sites (tertiary alicyclic amines) is 2. The monoisotopic (exact) mass is 277 g/mol. The van der Waals surface area contributed by atoms with Crippen molar-refractivity contribution in [3.63, 3.8) is 0 Å². The van der Waals surface area contributed by atoms with Crippen LogP contribution in [0.5, 0.6) is 0 Å². The van der Waals surface area contributed by atoms with Crippen LogP contribution in [0.15, 0.2) is 0 Å². The maximum Gasteiger partial charge on any atom is 0.0120 e. The Kier molecular flexibility index (Phi) is 3.56. The first-order valence-electron chi connectivity index (χ1n) is 8.93. The minimum absolute atomic E-state index is 0.750. The van der Waals surface area contributed by atoms with Crippen molar-refractivity contribution < 1.29 is 0 Å². The standard InChI is InChI=1S/C17H31N3/c1-14-12-20(13-14)15-2-8-19(9-3-15)16-10-17(11-16)4-6-18-7-5-17/h14-16,18H,2-13H2,1H3. The predicted molar refractivity (Wildman–Crippen MR) is 82.9 cm³/mol. The zero-order valence-electron chi connectivity index (χ0n) is 13.1. The Morgan fingerprint density at radius 1 is 0.900 bits per heavy atom. The molecule has 0 radical (unpaired) electrons. The first-order chi connectivity index (χ1) is 9.74. The largest absolute Gasteiger partial charge is 0.317 e. The Hall–Kier alpha value is -0.120. The van der Waals surface area contributed by atoms with E-state index < -0.39 is 0 Å². The Morgan fingerprint density at radius 3 is 2.15 bits per heavy atom. The van der Waals surface area contributed by atoms with Crippen molar-refractivity contribution in [3.05, 3.63) is 0 Å². The average molecular weight is 277 g/mol. The van der Waals surface area contributed by atoms with Crippen molar-refractivity contribution in [2.24, 2.45) is 11.3 Å². The zero-order valence-corrected chi connectivity index (χ0v) is 13.1. The number of hydrogen-bond donors (Lipinski definition) is 1. The van der Waals surface area contributed by atoms with Crippen molar-refractivity contribution >= 4 is 0 Å². The summed E-state index contributed by atoms with van der Waals surface area (Å²) in [6.07, 6.45) is 8.73.